The molecule has 0 bridgehead atoms. The van der Waals surface area contributed by atoms with Crippen molar-refractivity contribution >= 4 is 0 Å². The number of rotatable bonds is 4. The summed E-state index contributed by atoms with van der Waals surface area (Å²) in [6.45, 7) is 5.47. The largest absolute Gasteiger partial charge is 0.388 e. The molecule has 0 amide bonds. The molecular formula is C15H22FNO. The predicted octanol–water partition coefficient (Wildman–Crippen LogP) is 2.98. The van der Waals surface area contributed by atoms with E-state index in [0.717, 1.165) is 37.5 Å². The highest BCUT2D eigenvalue weighted by Crippen LogP contribution is 2.20. The third kappa shape index (κ3) is 3.79. The van der Waals surface area contributed by atoms with Crippen LogP contribution in [-0.2, 0) is 0 Å². The van der Waals surface area contributed by atoms with Crippen LogP contribution in [0.5, 0.6) is 0 Å². The highest BCUT2D eigenvalue weighted by molar-refractivity contribution is 5.18. The van der Waals surface area contributed by atoms with E-state index in [1.165, 1.54) is 25.0 Å². The van der Waals surface area contributed by atoms with Gasteiger partial charge in [0.25, 0.3) is 0 Å². The molecule has 0 spiro atoms. The molecule has 1 aromatic carbocycles. The molecule has 1 N–H and O–H groups in total. The smallest absolute Gasteiger partial charge is 0.123 e. The molecule has 0 aromatic heterocycles. The van der Waals surface area contributed by atoms with E-state index >= 15 is 0 Å². The Labute approximate surface area is 108 Å². The van der Waals surface area contributed by atoms with Crippen molar-refractivity contribution in [3.63, 3.8) is 0 Å². The van der Waals surface area contributed by atoms with Gasteiger partial charge in [0.1, 0.15) is 5.82 Å². The first kappa shape index (κ1) is 13.5. The summed E-state index contributed by atoms with van der Waals surface area (Å²) < 4.78 is 12.8. The summed E-state index contributed by atoms with van der Waals surface area (Å²) in [6.07, 6.45) is 2.81. The first-order chi connectivity index (χ1) is 8.65. The molecule has 1 saturated heterocycles. The van der Waals surface area contributed by atoms with Crippen LogP contribution in [0, 0.1) is 11.7 Å². The van der Waals surface area contributed by atoms with Crippen molar-refractivity contribution in [2.24, 2.45) is 5.92 Å². The summed E-state index contributed by atoms with van der Waals surface area (Å²) in [5, 5.41) is 10.1. The van der Waals surface area contributed by atoms with E-state index in [9.17, 15) is 9.50 Å². The van der Waals surface area contributed by atoms with Crippen molar-refractivity contribution in [1.29, 1.82) is 0 Å². The molecule has 1 aliphatic rings. The Bertz CT molecular complexity index is 365. The van der Waals surface area contributed by atoms with E-state index in [1.54, 1.807) is 12.1 Å². The Morgan fingerprint density at radius 3 is 2.78 bits per heavy atom. The van der Waals surface area contributed by atoms with Crippen LogP contribution in [0.25, 0.3) is 0 Å². The molecule has 2 nitrogen and oxygen atoms in total. The number of hydrogen-bond acceptors (Lipinski definition) is 2. The molecule has 1 aromatic rings. The van der Waals surface area contributed by atoms with Crippen LogP contribution >= 0.6 is 0 Å². The van der Waals surface area contributed by atoms with Gasteiger partial charge in [-0.1, -0.05) is 19.1 Å². The lowest BCUT2D eigenvalue weighted by Gasteiger charge is -2.31. The van der Waals surface area contributed by atoms with Gasteiger partial charge in [-0.3, -0.25) is 0 Å². The SMILES string of the molecule is CC1CCCN(CCC(O)c2ccc(F)cc2)C1. The molecular weight excluding hydrogens is 229 g/mol. The third-order valence-corrected chi connectivity index (χ3v) is 3.71. The molecule has 2 unspecified atom stereocenters. The Balaban J connectivity index is 1.80. The molecule has 1 heterocycles. The zero-order valence-electron chi connectivity index (χ0n) is 11.0. The van der Waals surface area contributed by atoms with E-state index in [2.05, 4.69) is 11.8 Å². The normalized spacial score (nSPS) is 22.9. The average molecular weight is 251 g/mol. The lowest BCUT2D eigenvalue weighted by molar-refractivity contribution is 0.122. The molecule has 0 aliphatic carbocycles. The summed E-state index contributed by atoms with van der Waals surface area (Å²) in [5.74, 6) is 0.512. The van der Waals surface area contributed by atoms with Crippen LogP contribution in [-0.4, -0.2) is 29.6 Å². The second kappa shape index (κ2) is 6.30. The van der Waals surface area contributed by atoms with Gasteiger partial charge in [-0.25, -0.2) is 4.39 Å². The van der Waals surface area contributed by atoms with Crippen LogP contribution in [0.4, 0.5) is 4.39 Å². The minimum Gasteiger partial charge on any atom is -0.388 e. The average Bonchev–Trinajstić information content (AvgIpc) is 2.37. The Morgan fingerprint density at radius 1 is 1.39 bits per heavy atom. The van der Waals surface area contributed by atoms with Gasteiger partial charge in [0.05, 0.1) is 6.10 Å². The number of aliphatic hydroxyl groups is 1. The van der Waals surface area contributed by atoms with E-state index in [4.69, 9.17) is 0 Å². The van der Waals surface area contributed by atoms with E-state index in [1.807, 2.05) is 0 Å². The van der Waals surface area contributed by atoms with Gasteiger partial charge in [-0.2, -0.15) is 0 Å². The van der Waals surface area contributed by atoms with E-state index in [0.29, 0.717) is 0 Å². The van der Waals surface area contributed by atoms with Crippen molar-refractivity contribution in [3.05, 3.63) is 35.6 Å². The maximum absolute atomic E-state index is 12.8. The highest BCUT2D eigenvalue weighted by Gasteiger charge is 2.17. The fourth-order valence-corrected chi connectivity index (χ4v) is 2.65. The number of nitrogens with zero attached hydrogens (tertiary/aromatic N) is 1. The molecule has 18 heavy (non-hydrogen) atoms. The standard InChI is InChI=1S/C15H22FNO/c1-12-3-2-9-17(11-12)10-8-15(18)13-4-6-14(16)7-5-13/h4-7,12,15,18H,2-3,8-11H2,1H3. The second-order valence-electron chi connectivity index (χ2n) is 5.40. The maximum atomic E-state index is 12.8. The van der Waals surface area contributed by atoms with Gasteiger partial charge < -0.3 is 10.0 Å². The zero-order chi connectivity index (χ0) is 13.0. The van der Waals surface area contributed by atoms with Crippen LogP contribution in [0.1, 0.15) is 37.9 Å². The quantitative estimate of drug-likeness (QED) is 0.889. The van der Waals surface area contributed by atoms with E-state index < -0.39 is 6.10 Å². The summed E-state index contributed by atoms with van der Waals surface area (Å²) in [7, 11) is 0. The van der Waals surface area contributed by atoms with Gasteiger partial charge in [0, 0.05) is 13.1 Å². The highest BCUT2D eigenvalue weighted by atomic mass is 19.1. The lowest BCUT2D eigenvalue weighted by Crippen LogP contribution is -2.35. The number of likely N-dealkylation sites (tertiary alicyclic amines) is 1. The number of piperidine rings is 1. The van der Waals surface area contributed by atoms with Crippen LogP contribution in [0.3, 0.4) is 0 Å². The molecule has 0 saturated carbocycles. The number of benzene rings is 1. The zero-order valence-corrected chi connectivity index (χ0v) is 11.0. The summed E-state index contributed by atoms with van der Waals surface area (Å²) in [6, 6.07) is 6.14. The molecule has 2 rings (SSSR count). The fourth-order valence-electron chi connectivity index (χ4n) is 2.65. The van der Waals surface area contributed by atoms with Gasteiger partial charge in [0.2, 0.25) is 0 Å². The molecule has 100 valence electrons. The van der Waals surface area contributed by atoms with Gasteiger partial charge in [-0.05, 0) is 49.4 Å². The fraction of sp³-hybridized carbons (Fsp3) is 0.600. The molecule has 0 radical (unpaired) electrons. The molecule has 1 fully saturated rings. The summed E-state index contributed by atoms with van der Waals surface area (Å²) >= 11 is 0. The van der Waals surface area contributed by atoms with Crippen molar-refractivity contribution in [2.45, 2.75) is 32.3 Å². The Kier molecular flexibility index (Phi) is 4.72. The lowest BCUT2D eigenvalue weighted by atomic mass is 9.99. The maximum Gasteiger partial charge on any atom is 0.123 e. The minimum absolute atomic E-state index is 0.254. The van der Waals surface area contributed by atoms with Gasteiger partial charge in [-0.15, -0.1) is 0 Å². The first-order valence-electron chi connectivity index (χ1n) is 6.81. The monoisotopic (exact) mass is 251 g/mol. The summed E-state index contributed by atoms with van der Waals surface area (Å²) in [4.78, 5) is 2.42. The van der Waals surface area contributed by atoms with Crippen LogP contribution < -0.4 is 0 Å². The van der Waals surface area contributed by atoms with Crippen molar-refractivity contribution < 1.29 is 9.50 Å². The topological polar surface area (TPSA) is 23.5 Å². The van der Waals surface area contributed by atoms with Crippen molar-refractivity contribution in [2.75, 3.05) is 19.6 Å². The number of halogens is 1. The number of aliphatic hydroxyl groups excluding tert-OH is 1. The van der Waals surface area contributed by atoms with Crippen molar-refractivity contribution in [1.82, 2.24) is 4.90 Å². The minimum atomic E-state index is -0.483. The second-order valence-corrected chi connectivity index (χ2v) is 5.40. The third-order valence-electron chi connectivity index (χ3n) is 3.71. The van der Waals surface area contributed by atoms with Crippen molar-refractivity contribution in [3.8, 4) is 0 Å². The van der Waals surface area contributed by atoms with Gasteiger partial charge in [0.15, 0.2) is 0 Å². The first-order valence-corrected chi connectivity index (χ1v) is 6.81. The number of hydrogen-bond donors (Lipinski definition) is 1. The Morgan fingerprint density at radius 2 is 2.11 bits per heavy atom. The Hall–Kier alpha value is -0.930. The predicted molar refractivity (Wildman–Crippen MR) is 70.8 cm³/mol. The molecule has 2 atom stereocenters. The van der Waals surface area contributed by atoms with Crippen LogP contribution in [0.15, 0.2) is 24.3 Å². The van der Waals surface area contributed by atoms with Crippen LogP contribution in [0.2, 0.25) is 0 Å². The molecule has 1 aliphatic heterocycles. The van der Waals surface area contributed by atoms with Gasteiger partial charge >= 0.3 is 0 Å². The summed E-state index contributed by atoms with van der Waals surface area (Å²) in [5.41, 5.74) is 0.807. The van der Waals surface area contributed by atoms with E-state index in [-0.39, 0.29) is 5.82 Å². The molecule has 3 heteroatoms.